The van der Waals surface area contributed by atoms with E-state index in [1.54, 1.807) is 18.2 Å². The number of amides is 1. The van der Waals surface area contributed by atoms with E-state index in [0.29, 0.717) is 22.2 Å². The van der Waals surface area contributed by atoms with Crippen molar-refractivity contribution in [1.29, 1.82) is 0 Å². The normalized spacial score (nSPS) is 11.0. The van der Waals surface area contributed by atoms with Gasteiger partial charge in [0.25, 0.3) is 5.91 Å². The first-order chi connectivity index (χ1) is 11.5. The summed E-state index contributed by atoms with van der Waals surface area (Å²) < 4.78 is 2.19. The second-order valence-corrected chi connectivity index (χ2v) is 6.59. The minimum absolute atomic E-state index is 0.147. The highest BCUT2D eigenvalue weighted by Gasteiger charge is 2.12. The number of para-hydroxylation sites is 1. The van der Waals surface area contributed by atoms with Gasteiger partial charge in [0.15, 0.2) is 0 Å². The Hall–Kier alpha value is -1.97. The highest BCUT2D eigenvalue weighted by molar-refractivity contribution is 6.42. The number of rotatable bonds is 4. The largest absolute Gasteiger partial charge is 0.352 e. The van der Waals surface area contributed by atoms with Crippen molar-refractivity contribution in [2.75, 3.05) is 6.54 Å². The van der Waals surface area contributed by atoms with Crippen LogP contribution in [-0.2, 0) is 13.5 Å². The minimum atomic E-state index is -0.147. The Morgan fingerprint density at radius 2 is 1.88 bits per heavy atom. The Labute approximate surface area is 151 Å². The van der Waals surface area contributed by atoms with Gasteiger partial charge in [-0.05, 0) is 43.2 Å². The van der Waals surface area contributed by atoms with Crippen molar-refractivity contribution in [3.63, 3.8) is 0 Å². The smallest absolute Gasteiger partial charge is 0.251 e. The maximum absolute atomic E-state index is 12.2. The van der Waals surface area contributed by atoms with Gasteiger partial charge in [0.05, 0.1) is 10.0 Å². The van der Waals surface area contributed by atoms with Crippen molar-refractivity contribution in [2.24, 2.45) is 7.05 Å². The first kappa shape index (κ1) is 16.9. The summed E-state index contributed by atoms with van der Waals surface area (Å²) in [4.78, 5) is 12.2. The van der Waals surface area contributed by atoms with Gasteiger partial charge >= 0.3 is 0 Å². The third kappa shape index (κ3) is 3.14. The molecule has 2 aromatic carbocycles. The van der Waals surface area contributed by atoms with E-state index < -0.39 is 0 Å². The Bertz CT molecular complexity index is 915. The molecule has 1 N–H and O–H groups in total. The number of hydrogen-bond donors (Lipinski definition) is 1. The SMILES string of the molecule is Cc1c(CCNC(=O)c2ccc(Cl)c(Cl)c2)c2ccccc2n1C. The van der Waals surface area contributed by atoms with Crippen LogP contribution in [0.15, 0.2) is 42.5 Å². The van der Waals surface area contributed by atoms with E-state index in [0.717, 1.165) is 6.42 Å². The number of carbonyl (C=O) groups excluding carboxylic acids is 1. The molecule has 0 fully saturated rings. The van der Waals surface area contributed by atoms with Gasteiger partial charge in [-0.1, -0.05) is 41.4 Å². The quantitative estimate of drug-likeness (QED) is 0.714. The van der Waals surface area contributed by atoms with Gasteiger partial charge < -0.3 is 9.88 Å². The molecule has 0 spiro atoms. The summed E-state index contributed by atoms with van der Waals surface area (Å²) in [5.74, 6) is -0.147. The van der Waals surface area contributed by atoms with Gasteiger partial charge in [-0.3, -0.25) is 4.79 Å². The van der Waals surface area contributed by atoms with Crippen molar-refractivity contribution in [1.82, 2.24) is 9.88 Å². The van der Waals surface area contributed by atoms with Gasteiger partial charge in [-0.25, -0.2) is 0 Å². The van der Waals surface area contributed by atoms with Gasteiger partial charge in [-0.2, -0.15) is 0 Å². The van der Waals surface area contributed by atoms with Gasteiger partial charge in [0, 0.05) is 35.8 Å². The number of hydrogen-bond acceptors (Lipinski definition) is 1. The van der Waals surface area contributed by atoms with Crippen LogP contribution >= 0.6 is 23.2 Å². The van der Waals surface area contributed by atoms with E-state index in [4.69, 9.17) is 23.2 Å². The summed E-state index contributed by atoms with van der Waals surface area (Å²) in [5, 5.41) is 5.01. The average molecular weight is 361 g/mol. The van der Waals surface area contributed by atoms with E-state index in [1.165, 1.54) is 22.2 Å². The van der Waals surface area contributed by atoms with Crippen LogP contribution in [0.4, 0.5) is 0 Å². The number of aryl methyl sites for hydroxylation is 1. The molecule has 0 aliphatic rings. The average Bonchev–Trinajstić information content (AvgIpc) is 2.82. The Balaban J connectivity index is 1.72. The lowest BCUT2D eigenvalue weighted by Gasteiger charge is -2.07. The topological polar surface area (TPSA) is 34.0 Å². The van der Waals surface area contributed by atoms with Gasteiger partial charge in [-0.15, -0.1) is 0 Å². The summed E-state index contributed by atoms with van der Waals surface area (Å²) in [6.07, 6.45) is 0.778. The highest BCUT2D eigenvalue weighted by atomic mass is 35.5. The van der Waals surface area contributed by atoms with Crippen molar-refractivity contribution in [2.45, 2.75) is 13.3 Å². The van der Waals surface area contributed by atoms with Crippen molar-refractivity contribution < 1.29 is 4.79 Å². The number of halogens is 2. The fraction of sp³-hybridized carbons (Fsp3) is 0.211. The van der Waals surface area contributed by atoms with Crippen LogP contribution in [0.1, 0.15) is 21.6 Å². The number of nitrogens with zero attached hydrogens (tertiary/aromatic N) is 1. The molecule has 0 saturated carbocycles. The molecule has 5 heteroatoms. The van der Waals surface area contributed by atoms with Crippen LogP contribution < -0.4 is 5.32 Å². The molecule has 3 aromatic rings. The molecule has 3 nitrogen and oxygen atoms in total. The maximum Gasteiger partial charge on any atom is 0.251 e. The van der Waals surface area contributed by atoms with Crippen molar-refractivity contribution in [3.05, 3.63) is 69.3 Å². The lowest BCUT2D eigenvalue weighted by Crippen LogP contribution is -2.25. The molecule has 1 aromatic heterocycles. The second-order valence-electron chi connectivity index (χ2n) is 5.77. The van der Waals surface area contributed by atoms with Crippen LogP contribution in [0.5, 0.6) is 0 Å². The molecule has 0 saturated heterocycles. The summed E-state index contributed by atoms with van der Waals surface area (Å²) in [6, 6.07) is 13.2. The molecular weight excluding hydrogens is 343 g/mol. The van der Waals surface area contributed by atoms with E-state index in [2.05, 4.69) is 36.0 Å². The van der Waals surface area contributed by atoms with Crippen LogP contribution in [0, 0.1) is 6.92 Å². The number of carbonyl (C=O) groups is 1. The third-order valence-electron chi connectivity index (χ3n) is 4.37. The zero-order chi connectivity index (χ0) is 17.3. The van der Waals surface area contributed by atoms with E-state index in [1.807, 2.05) is 12.1 Å². The predicted octanol–water partition coefficient (Wildman–Crippen LogP) is 4.77. The molecule has 1 amide bonds. The first-order valence-corrected chi connectivity index (χ1v) is 8.50. The third-order valence-corrected chi connectivity index (χ3v) is 5.11. The molecule has 0 atom stereocenters. The lowest BCUT2D eigenvalue weighted by atomic mass is 10.1. The van der Waals surface area contributed by atoms with E-state index >= 15 is 0 Å². The molecule has 0 bridgehead atoms. The standard InChI is InChI=1S/C19H18Cl2N2O/c1-12-14(15-5-3-4-6-18(15)23(12)2)9-10-22-19(24)13-7-8-16(20)17(21)11-13/h3-8,11H,9-10H2,1-2H3,(H,22,24). The molecule has 3 rings (SSSR count). The van der Waals surface area contributed by atoms with Gasteiger partial charge in [0.2, 0.25) is 0 Å². The zero-order valence-corrected chi connectivity index (χ0v) is 15.1. The van der Waals surface area contributed by atoms with Gasteiger partial charge in [0.1, 0.15) is 0 Å². The molecule has 0 radical (unpaired) electrons. The summed E-state index contributed by atoms with van der Waals surface area (Å²) >= 11 is 11.8. The lowest BCUT2D eigenvalue weighted by molar-refractivity contribution is 0.0954. The number of nitrogens with one attached hydrogen (secondary N) is 1. The number of fused-ring (bicyclic) bond motifs is 1. The zero-order valence-electron chi connectivity index (χ0n) is 13.6. The van der Waals surface area contributed by atoms with Crippen LogP contribution in [0.3, 0.4) is 0 Å². The fourth-order valence-corrected chi connectivity index (χ4v) is 3.25. The minimum Gasteiger partial charge on any atom is -0.352 e. The Kier molecular flexibility index (Phi) is 4.83. The Morgan fingerprint density at radius 3 is 2.62 bits per heavy atom. The molecule has 124 valence electrons. The fourth-order valence-electron chi connectivity index (χ4n) is 2.96. The molecule has 24 heavy (non-hydrogen) atoms. The highest BCUT2D eigenvalue weighted by Crippen LogP contribution is 2.25. The Morgan fingerprint density at radius 1 is 1.12 bits per heavy atom. The molecular formula is C19H18Cl2N2O. The summed E-state index contributed by atoms with van der Waals surface area (Å²) in [6.45, 7) is 2.67. The monoisotopic (exact) mass is 360 g/mol. The second kappa shape index (κ2) is 6.88. The van der Waals surface area contributed by atoms with Crippen LogP contribution in [-0.4, -0.2) is 17.0 Å². The maximum atomic E-state index is 12.2. The van der Waals surface area contributed by atoms with Crippen LogP contribution in [0.25, 0.3) is 10.9 Å². The van der Waals surface area contributed by atoms with E-state index in [9.17, 15) is 4.79 Å². The molecule has 0 aliphatic carbocycles. The van der Waals surface area contributed by atoms with E-state index in [-0.39, 0.29) is 5.91 Å². The van der Waals surface area contributed by atoms with Crippen LogP contribution in [0.2, 0.25) is 10.0 Å². The van der Waals surface area contributed by atoms with Crippen molar-refractivity contribution in [3.8, 4) is 0 Å². The summed E-state index contributed by atoms with van der Waals surface area (Å²) in [7, 11) is 2.06. The van der Waals surface area contributed by atoms with Crippen molar-refractivity contribution >= 4 is 40.0 Å². The number of benzene rings is 2. The molecule has 1 heterocycles. The predicted molar refractivity (Wildman–Crippen MR) is 100 cm³/mol. The first-order valence-electron chi connectivity index (χ1n) is 7.75. The number of aromatic nitrogens is 1. The summed E-state index contributed by atoms with van der Waals surface area (Å²) in [5.41, 5.74) is 4.21. The molecule has 0 unspecified atom stereocenters. The molecule has 0 aliphatic heterocycles.